The molecule has 0 saturated heterocycles. The van der Waals surface area contributed by atoms with Crippen molar-refractivity contribution in [1.29, 1.82) is 0 Å². The molecule has 49 heavy (non-hydrogen) atoms. The first-order valence-corrected chi connectivity index (χ1v) is 16.6. The maximum Gasteiger partial charge on any atom is 0.160 e. The molecule has 230 valence electrons. The standard InChI is InChI=1S/C46H31N3/c1-3-16-32(17-4-1)42-31-43(33-18-5-2-6-19-33)48-46(47-42)34-20-15-21-35(30-34)49-44-28-13-11-26-40(44)38-24-9-7-22-36(38)37-23-8-10-25-39(37)41-27-12-14-29-45(41)49/h1-31H. The number of hydrogen-bond acceptors (Lipinski definition) is 2. The zero-order valence-corrected chi connectivity index (χ0v) is 26.7. The molecule has 0 radical (unpaired) electrons. The van der Waals surface area contributed by atoms with Crippen molar-refractivity contribution in [3.05, 3.63) is 188 Å². The summed E-state index contributed by atoms with van der Waals surface area (Å²) in [5.41, 5.74) is 8.09. The van der Waals surface area contributed by atoms with E-state index in [9.17, 15) is 0 Å². The van der Waals surface area contributed by atoms with E-state index in [1.54, 1.807) is 0 Å². The van der Waals surface area contributed by atoms with Gasteiger partial charge in [0, 0.05) is 33.2 Å². The summed E-state index contributed by atoms with van der Waals surface area (Å²) in [4.78, 5) is 10.3. The van der Waals surface area contributed by atoms with Crippen LogP contribution in [0.5, 0.6) is 0 Å². The first-order valence-electron chi connectivity index (χ1n) is 16.6. The van der Waals surface area contributed by atoms with Gasteiger partial charge in [0.2, 0.25) is 0 Å². The van der Waals surface area contributed by atoms with Gasteiger partial charge in [-0.1, -0.05) is 158 Å². The Morgan fingerprint density at radius 2 is 0.694 bits per heavy atom. The van der Waals surface area contributed by atoms with Crippen molar-refractivity contribution in [2.75, 3.05) is 0 Å². The van der Waals surface area contributed by atoms with Gasteiger partial charge in [-0.3, -0.25) is 0 Å². The minimum Gasteiger partial charge on any atom is -0.309 e. The van der Waals surface area contributed by atoms with Gasteiger partial charge in [0.25, 0.3) is 0 Å². The van der Waals surface area contributed by atoms with Gasteiger partial charge >= 0.3 is 0 Å². The van der Waals surface area contributed by atoms with E-state index in [4.69, 9.17) is 9.97 Å². The number of nitrogens with zero attached hydrogens (tertiary/aromatic N) is 3. The van der Waals surface area contributed by atoms with Crippen molar-refractivity contribution in [2.24, 2.45) is 0 Å². The fraction of sp³-hybridized carbons (Fsp3) is 0. The van der Waals surface area contributed by atoms with Crippen LogP contribution in [0.2, 0.25) is 0 Å². The number of hydrogen-bond donors (Lipinski definition) is 0. The number of benzene rings is 7. The summed E-state index contributed by atoms with van der Waals surface area (Å²) in [6.45, 7) is 0. The first kappa shape index (κ1) is 28.6. The zero-order valence-electron chi connectivity index (χ0n) is 26.7. The second-order valence-corrected chi connectivity index (χ2v) is 12.2. The number of rotatable bonds is 4. The highest BCUT2D eigenvalue weighted by Gasteiger charge is 2.14. The summed E-state index contributed by atoms with van der Waals surface area (Å²) >= 11 is 0. The molecule has 2 aromatic heterocycles. The lowest BCUT2D eigenvalue weighted by molar-refractivity contribution is 1.15. The Kier molecular flexibility index (Phi) is 7.14. The van der Waals surface area contributed by atoms with E-state index in [-0.39, 0.29) is 0 Å². The normalized spacial score (nSPS) is 11.3. The van der Waals surface area contributed by atoms with Crippen LogP contribution >= 0.6 is 0 Å². The summed E-state index contributed by atoms with van der Waals surface area (Å²) in [5.74, 6) is 0.684. The lowest BCUT2D eigenvalue weighted by Crippen LogP contribution is -2.00. The van der Waals surface area contributed by atoms with Crippen LogP contribution in [0.1, 0.15) is 0 Å². The van der Waals surface area contributed by atoms with Crippen LogP contribution in [0.3, 0.4) is 0 Å². The highest BCUT2D eigenvalue weighted by molar-refractivity contribution is 6.19. The Labute approximate surface area is 284 Å². The second-order valence-electron chi connectivity index (χ2n) is 12.2. The summed E-state index contributed by atoms with van der Waals surface area (Å²) in [7, 11) is 0. The molecule has 0 unspecified atom stereocenters. The average Bonchev–Trinajstić information content (AvgIpc) is 3.23. The smallest absolute Gasteiger partial charge is 0.160 e. The molecule has 0 aliphatic rings. The van der Waals surface area contributed by atoms with Crippen LogP contribution in [-0.4, -0.2) is 14.5 Å². The molecule has 3 nitrogen and oxygen atoms in total. The molecule has 0 atom stereocenters. The van der Waals surface area contributed by atoms with Gasteiger partial charge in [-0.25, -0.2) is 9.97 Å². The Balaban J connectivity index is 1.38. The Bertz CT molecular complexity index is 2550. The molecule has 0 N–H and O–H groups in total. The van der Waals surface area contributed by atoms with Gasteiger partial charge in [-0.05, 0) is 51.9 Å². The molecule has 0 aliphatic heterocycles. The number of fused-ring (bicyclic) bond motifs is 7. The second kappa shape index (κ2) is 12.2. The summed E-state index contributed by atoms with van der Waals surface area (Å²) in [6, 6.07) is 66.4. The third-order valence-electron chi connectivity index (χ3n) is 9.24. The Hall–Kier alpha value is -6.58. The fourth-order valence-electron chi connectivity index (χ4n) is 6.98. The van der Waals surface area contributed by atoms with Crippen molar-refractivity contribution < 1.29 is 0 Å². The van der Waals surface area contributed by atoms with E-state index >= 15 is 0 Å². The van der Waals surface area contributed by atoms with Gasteiger partial charge in [0.1, 0.15) is 0 Å². The minimum absolute atomic E-state index is 0.684. The quantitative estimate of drug-likeness (QED) is 0.195. The predicted octanol–water partition coefficient (Wildman–Crippen LogP) is 12.0. The molecule has 3 heteroatoms. The Morgan fingerprint density at radius 1 is 0.306 bits per heavy atom. The molecule has 0 aliphatic carbocycles. The monoisotopic (exact) mass is 625 g/mol. The van der Waals surface area contributed by atoms with Crippen LogP contribution in [0, 0.1) is 0 Å². The van der Waals surface area contributed by atoms with Gasteiger partial charge in [0.15, 0.2) is 5.82 Å². The van der Waals surface area contributed by atoms with Crippen molar-refractivity contribution >= 4 is 43.4 Å². The third kappa shape index (κ3) is 5.18. The van der Waals surface area contributed by atoms with E-state index in [0.717, 1.165) is 44.8 Å². The maximum absolute atomic E-state index is 5.15. The van der Waals surface area contributed by atoms with E-state index in [1.807, 2.05) is 12.1 Å². The van der Waals surface area contributed by atoms with Crippen LogP contribution in [-0.2, 0) is 0 Å². The van der Waals surface area contributed by atoms with Gasteiger partial charge < -0.3 is 4.57 Å². The molecular formula is C46H31N3. The van der Waals surface area contributed by atoms with Crippen molar-refractivity contribution in [2.45, 2.75) is 0 Å². The van der Waals surface area contributed by atoms with Gasteiger partial charge in [-0.15, -0.1) is 0 Å². The highest BCUT2D eigenvalue weighted by atomic mass is 15.0. The van der Waals surface area contributed by atoms with E-state index < -0.39 is 0 Å². The maximum atomic E-state index is 5.15. The van der Waals surface area contributed by atoms with Crippen LogP contribution < -0.4 is 0 Å². The summed E-state index contributed by atoms with van der Waals surface area (Å²) in [5, 5.41) is 7.18. The molecule has 0 amide bonds. The SMILES string of the molecule is c1ccc(-c2cc(-c3ccccc3)nc(-c3cccc(-n4c5ccccc5c5ccccc5c5ccccc5c5ccccc54)c3)n2)cc1. The van der Waals surface area contributed by atoms with E-state index in [2.05, 4.69) is 180 Å². The molecule has 0 saturated carbocycles. The zero-order chi connectivity index (χ0) is 32.6. The summed E-state index contributed by atoms with van der Waals surface area (Å²) < 4.78 is 2.40. The molecule has 9 aromatic rings. The molecule has 7 aromatic carbocycles. The topological polar surface area (TPSA) is 30.7 Å². The van der Waals surface area contributed by atoms with E-state index in [0.29, 0.717) is 5.82 Å². The molecular weight excluding hydrogens is 595 g/mol. The lowest BCUT2D eigenvalue weighted by Gasteiger charge is -2.15. The molecule has 9 rings (SSSR count). The lowest BCUT2D eigenvalue weighted by atomic mass is 10.0. The molecule has 0 fully saturated rings. The first-order chi connectivity index (χ1) is 24.3. The number of aromatic nitrogens is 3. The van der Waals surface area contributed by atoms with Crippen molar-refractivity contribution in [3.8, 4) is 39.6 Å². The van der Waals surface area contributed by atoms with Crippen LogP contribution in [0.15, 0.2) is 188 Å². The Morgan fingerprint density at radius 3 is 1.18 bits per heavy atom. The summed E-state index contributed by atoms with van der Waals surface area (Å²) in [6.07, 6.45) is 0. The fourth-order valence-corrected chi connectivity index (χ4v) is 6.98. The molecule has 0 spiro atoms. The number of para-hydroxylation sites is 2. The van der Waals surface area contributed by atoms with Gasteiger partial charge in [-0.2, -0.15) is 0 Å². The van der Waals surface area contributed by atoms with Crippen molar-refractivity contribution in [3.63, 3.8) is 0 Å². The minimum atomic E-state index is 0.684. The molecule has 2 heterocycles. The average molecular weight is 626 g/mol. The highest BCUT2D eigenvalue weighted by Crippen LogP contribution is 2.35. The van der Waals surface area contributed by atoms with Crippen LogP contribution in [0.4, 0.5) is 0 Å². The predicted molar refractivity (Wildman–Crippen MR) is 205 cm³/mol. The van der Waals surface area contributed by atoms with E-state index in [1.165, 1.54) is 32.3 Å². The van der Waals surface area contributed by atoms with Crippen molar-refractivity contribution in [1.82, 2.24) is 14.5 Å². The van der Waals surface area contributed by atoms with Crippen LogP contribution in [0.25, 0.3) is 82.9 Å². The largest absolute Gasteiger partial charge is 0.309 e. The molecule has 0 bridgehead atoms. The third-order valence-corrected chi connectivity index (χ3v) is 9.24. The van der Waals surface area contributed by atoms with Gasteiger partial charge in [0.05, 0.1) is 22.4 Å².